The lowest BCUT2D eigenvalue weighted by Crippen LogP contribution is -2.70. The smallest absolute Gasteiger partial charge is 0.353 e. The largest absolute Gasteiger partial charge is 0.477 e. The Balaban J connectivity index is 1.80. The fourth-order valence-corrected chi connectivity index (χ4v) is 4.30. The van der Waals surface area contributed by atoms with Crippen molar-refractivity contribution in [2.45, 2.75) is 31.3 Å². The molecule has 0 bridgehead atoms. The van der Waals surface area contributed by atoms with Crippen LogP contribution in [0, 0.1) is 0 Å². The maximum atomic E-state index is 12.5. The van der Waals surface area contributed by atoms with Crippen molar-refractivity contribution in [1.29, 1.82) is 0 Å². The van der Waals surface area contributed by atoms with Crippen LogP contribution in [0.4, 0.5) is 0 Å². The summed E-state index contributed by atoms with van der Waals surface area (Å²) in [7, 11) is 0. The fourth-order valence-electron chi connectivity index (χ4n) is 2.96. The lowest BCUT2D eigenvalue weighted by molar-refractivity contribution is -0.149. The standard InChI is InChI=1S/C18H19N3O5S/c1-9(2)19-15(23)11-8-27-17-12(16(24)21(17)13(11)18(25)26)20-14(22)10-6-4-3-5-7-10/h3-7,9,12,17H,8H2,1-2H3,(H,19,23)(H,20,22)(H,25,26)/t12?,17-/m0/s1. The van der Waals surface area contributed by atoms with Crippen molar-refractivity contribution in [3.8, 4) is 0 Å². The van der Waals surface area contributed by atoms with Crippen molar-refractivity contribution in [1.82, 2.24) is 15.5 Å². The number of thioether (sulfide) groups is 1. The highest BCUT2D eigenvalue weighted by Gasteiger charge is 2.55. The number of β-lactam (4-membered cyclic amide) rings is 1. The number of rotatable bonds is 5. The van der Waals surface area contributed by atoms with E-state index in [1.54, 1.807) is 44.2 Å². The van der Waals surface area contributed by atoms with E-state index in [-0.39, 0.29) is 23.1 Å². The van der Waals surface area contributed by atoms with Crippen LogP contribution in [-0.2, 0) is 14.4 Å². The molecule has 0 radical (unpaired) electrons. The number of aliphatic carboxylic acids is 1. The van der Waals surface area contributed by atoms with Crippen LogP contribution in [0.25, 0.3) is 0 Å². The third-order valence-corrected chi connectivity index (χ3v) is 5.47. The van der Waals surface area contributed by atoms with E-state index in [4.69, 9.17) is 0 Å². The van der Waals surface area contributed by atoms with Gasteiger partial charge in [0.15, 0.2) is 0 Å². The van der Waals surface area contributed by atoms with Gasteiger partial charge in [-0.15, -0.1) is 11.8 Å². The Bertz CT molecular complexity index is 837. The average molecular weight is 389 g/mol. The minimum absolute atomic E-state index is 0.0543. The molecule has 8 nitrogen and oxygen atoms in total. The topological polar surface area (TPSA) is 116 Å². The molecule has 2 atom stereocenters. The summed E-state index contributed by atoms with van der Waals surface area (Å²) in [5.41, 5.74) is 0.154. The molecule has 0 aliphatic carbocycles. The first-order chi connectivity index (χ1) is 12.8. The van der Waals surface area contributed by atoms with Gasteiger partial charge in [0.25, 0.3) is 17.7 Å². The second-order valence-corrected chi connectivity index (χ2v) is 7.59. The SMILES string of the molecule is CC(C)NC(=O)C1=C(C(=O)O)N2C(=O)C(NC(=O)c3ccccc3)[C@@H]2SC1. The Morgan fingerprint density at radius 1 is 1.19 bits per heavy atom. The third kappa shape index (κ3) is 3.55. The van der Waals surface area contributed by atoms with Crippen LogP contribution >= 0.6 is 11.8 Å². The summed E-state index contributed by atoms with van der Waals surface area (Å²) >= 11 is 1.26. The van der Waals surface area contributed by atoms with Crippen LogP contribution in [0.2, 0.25) is 0 Å². The number of nitrogens with one attached hydrogen (secondary N) is 2. The Hall–Kier alpha value is -2.81. The first-order valence-corrected chi connectivity index (χ1v) is 9.44. The van der Waals surface area contributed by atoms with Crippen molar-refractivity contribution in [3.63, 3.8) is 0 Å². The number of hydrogen-bond donors (Lipinski definition) is 3. The number of amides is 3. The molecule has 0 spiro atoms. The van der Waals surface area contributed by atoms with Crippen LogP contribution in [0.1, 0.15) is 24.2 Å². The number of carboxylic acids is 1. The van der Waals surface area contributed by atoms with E-state index < -0.39 is 35.1 Å². The molecule has 0 aromatic heterocycles. The molecule has 1 aromatic rings. The van der Waals surface area contributed by atoms with Gasteiger partial charge >= 0.3 is 5.97 Å². The average Bonchev–Trinajstić information content (AvgIpc) is 2.64. The van der Waals surface area contributed by atoms with Gasteiger partial charge in [-0.05, 0) is 26.0 Å². The normalized spacial score (nSPS) is 21.4. The number of benzene rings is 1. The number of nitrogens with zero attached hydrogens (tertiary/aromatic N) is 1. The zero-order valence-electron chi connectivity index (χ0n) is 14.8. The zero-order chi connectivity index (χ0) is 19.7. The molecular formula is C18H19N3O5S. The number of carboxylic acid groups (broad SMARTS) is 1. The summed E-state index contributed by atoms with van der Waals surface area (Å²) in [4.78, 5) is 49.9. The van der Waals surface area contributed by atoms with Crippen molar-refractivity contribution >= 4 is 35.5 Å². The first kappa shape index (κ1) is 19.0. The van der Waals surface area contributed by atoms with Gasteiger partial charge in [0.05, 0.1) is 5.57 Å². The monoisotopic (exact) mass is 389 g/mol. The quantitative estimate of drug-likeness (QED) is 0.634. The van der Waals surface area contributed by atoms with Crippen LogP contribution in [0.15, 0.2) is 41.6 Å². The lowest BCUT2D eigenvalue weighted by atomic mass is 10.0. The van der Waals surface area contributed by atoms with Gasteiger partial charge in [-0.25, -0.2) is 4.79 Å². The molecule has 3 amide bonds. The van der Waals surface area contributed by atoms with Gasteiger partial charge in [0.2, 0.25) is 0 Å². The van der Waals surface area contributed by atoms with Gasteiger partial charge in [-0.1, -0.05) is 18.2 Å². The van der Waals surface area contributed by atoms with Crippen molar-refractivity contribution in [2.24, 2.45) is 0 Å². The van der Waals surface area contributed by atoms with E-state index in [0.29, 0.717) is 5.56 Å². The van der Waals surface area contributed by atoms with E-state index in [9.17, 15) is 24.3 Å². The van der Waals surface area contributed by atoms with Gasteiger partial charge in [0.1, 0.15) is 17.1 Å². The predicted octanol–water partition coefficient (Wildman–Crippen LogP) is 0.563. The predicted molar refractivity (Wildman–Crippen MR) is 98.7 cm³/mol. The highest BCUT2D eigenvalue weighted by molar-refractivity contribution is 8.00. The summed E-state index contributed by atoms with van der Waals surface area (Å²) in [6, 6.07) is 7.47. The molecule has 1 saturated heterocycles. The van der Waals surface area contributed by atoms with E-state index in [1.807, 2.05) is 0 Å². The van der Waals surface area contributed by atoms with Crippen LogP contribution < -0.4 is 10.6 Å². The molecule has 142 valence electrons. The Morgan fingerprint density at radius 2 is 1.85 bits per heavy atom. The van der Waals surface area contributed by atoms with E-state index in [1.165, 1.54) is 11.8 Å². The molecule has 9 heteroatoms. The van der Waals surface area contributed by atoms with Gasteiger partial charge < -0.3 is 15.7 Å². The lowest BCUT2D eigenvalue weighted by Gasteiger charge is -2.49. The van der Waals surface area contributed by atoms with E-state index in [2.05, 4.69) is 10.6 Å². The summed E-state index contributed by atoms with van der Waals surface area (Å²) in [5, 5.41) is 14.3. The number of hydrogen-bond acceptors (Lipinski definition) is 5. The van der Waals surface area contributed by atoms with Crippen LogP contribution in [-0.4, -0.2) is 56.9 Å². The summed E-state index contributed by atoms with van der Waals surface area (Å²) in [6.07, 6.45) is 0. The van der Waals surface area contributed by atoms with Crippen LogP contribution in [0.5, 0.6) is 0 Å². The highest BCUT2D eigenvalue weighted by Crippen LogP contribution is 2.40. The van der Waals surface area contributed by atoms with Crippen LogP contribution in [0.3, 0.4) is 0 Å². The fraction of sp³-hybridized carbons (Fsp3) is 0.333. The number of carbonyl (C=O) groups is 4. The molecule has 3 N–H and O–H groups in total. The second-order valence-electron chi connectivity index (χ2n) is 6.49. The molecule has 2 heterocycles. The Kier molecular flexibility index (Phi) is 5.22. The van der Waals surface area contributed by atoms with Gasteiger partial charge in [-0.2, -0.15) is 0 Å². The number of carbonyl (C=O) groups excluding carboxylic acids is 3. The summed E-state index contributed by atoms with van der Waals surface area (Å²) in [5.74, 6) is -2.64. The molecular weight excluding hydrogens is 370 g/mol. The molecule has 0 saturated carbocycles. The van der Waals surface area contributed by atoms with E-state index in [0.717, 1.165) is 4.90 Å². The molecule has 2 aliphatic heterocycles. The minimum atomic E-state index is -1.34. The van der Waals surface area contributed by atoms with Gasteiger partial charge in [0, 0.05) is 17.4 Å². The maximum Gasteiger partial charge on any atom is 0.353 e. The molecule has 27 heavy (non-hydrogen) atoms. The molecule has 1 unspecified atom stereocenters. The highest BCUT2D eigenvalue weighted by atomic mass is 32.2. The summed E-state index contributed by atoms with van der Waals surface area (Å²) < 4.78 is 0. The zero-order valence-corrected chi connectivity index (χ0v) is 15.6. The Labute approximate surface area is 160 Å². The molecule has 3 rings (SSSR count). The molecule has 1 fully saturated rings. The first-order valence-electron chi connectivity index (χ1n) is 8.39. The maximum absolute atomic E-state index is 12.5. The van der Waals surface area contributed by atoms with Crippen molar-refractivity contribution in [2.75, 3.05) is 5.75 Å². The minimum Gasteiger partial charge on any atom is -0.477 e. The Morgan fingerprint density at radius 3 is 2.44 bits per heavy atom. The molecule has 1 aromatic carbocycles. The van der Waals surface area contributed by atoms with E-state index >= 15 is 0 Å². The molecule has 2 aliphatic rings. The van der Waals surface area contributed by atoms with Crippen molar-refractivity contribution < 1.29 is 24.3 Å². The summed E-state index contributed by atoms with van der Waals surface area (Å²) in [6.45, 7) is 3.53. The van der Waals surface area contributed by atoms with Gasteiger partial charge in [-0.3, -0.25) is 19.3 Å². The number of fused-ring (bicyclic) bond motifs is 1. The van der Waals surface area contributed by atoms with Crippen molar-refractivity contribution in [3.05, 3.63) is 47.2 Å². The third-order valence-electron chi connectivity index (χ3n) is 4.19. The second kappa shape index (κ2) is 7.43.